The van der Waals surface area contributed by atoms with Crippen molar-refractivity contribution in [1.29, 1.82) is 0 Å². The zero-order valence-electron chi connectivity index (χ0n) is 18.7. The van der Waals surface area contributed by atoms with E-state index in [0.717, 1.165) is 32.5 Å². The largest absolute Gasteiger partial charge is 0.447 e. The first kappa shape index (κ1) is 21.3. The lowest BCUT2D eigenvalue weighted by Crippen LogP contribution is -2.28. The summed E-state index contributed by atoms with van der Waals surface area (Å²) in [4.78, 5) is 21.4. The molecule has 2 heterocycles. The minimum atomic E-state index is -0.0234. The molecule has 2 aromatic carbocycles. The topological polar surface area (TPSA) is 49.6 Å². The molecule has 0 unspecified atom stereocenters. The van der Waals surface area contributed by atoms with Gasteiger partial charge in [-0.05, 0) is 50.3 Å². The lowest BCUT2D eigenvalue weighted by Gasteiger charge is -2.29. The molecule has 1 aliphatic heterocycles. The van der Waals surface area contributed by atoms with Crippen molar-refractivity contribution in [3.63, 3.8) is 0 Å². The van der Waals surface area contributed by atoms with Crippen LogP contribution >= 0.6 is 0 Å². The molecule has 0 spiro atoms. The van der Waals surface area contributed by atoms with Crippen molar-refractivity contribution < 1.29 is 9.21 Å². The van der Waals surface area contributed by atoms with Gasteiger partial charge in [-0.1, -0.05) is 54.1 Å². The van der Waals surface area contributed by atoms with Gasteiger partial charge in [-0.2, -0.15) is 0 Å². The average Bonchev–Trinajstić information content (AvgIpc) is 3.48. The molecule has 5 heteroatoms. The Morgan fingerprint density at radius 3 is 2.58 bits per heavy atom. The van der Waals surface area contributed by atoms with Crippen molar-refractivity contribution in [1.82, 2.24) is 14.8 Å². The maximum Gasteiger partial charge on any atom is 0.275 e. The maximum atomic E-state index is 12.7. The van der Waals surface area contributed by atoms with Crippen molar-refractivity contribution in [2.24, 2.45) is 0 Å². The summed E-state index contributed by atoms with van der Waals surface area (Å²) in [6.45, 7) is 9.42. The van der Waals surface area contributed by atoms with Crippen LogP contribution in [-0.2, 0) is 13.1 Å². The van der Waals surface area contributed by atoms with Crippen LogP contribution in [0.15, 0.2) is 59.2 Å². The van der Waals surface area contributed by atoms with Gasteiger partial charge in [0.2, 0.25) is 5.89 Å². The number of nitrogens with zero attached hydrogens (tertiary/aromatic N) is 3. The summed E-state index contributed by atoms with van der Waals surface area (Å²) in [5.74, 6) is 0.556. The normalized spacial score (nSPS) is 14.9. The van der Waals surface area contributed by atoms with Crippen LogP contribution in [0, 0.1) is 13.8 Å². The van der Waals surface area contributed by atoms with E-state index in [1.54, 1.807) is 0 Å². The van der Waals surface area contributed by atoms with E-state index >= 15 is 0 Å². The first-order valence-electron chi connectivity index (χ1n) is 11.1. The summed E-state index contributed by atoms with van der Waals surface area (Å²) >= 11 is 0. The van der Waals surface area contributed by atoms with Gasteiger partial charge in [0.05, 0.1) is 6.54 Å². The lowest BCUT2D eigenvalue weighted by molar-refractivity contribution is 0.0787. The number of carbonyl (C=O) groups excluding carboxylic acids is 1. The first-order valence-corrected chi connectivity index (χ1v) is 11.1. The predicted octanol–water partition coefficient (Wildman–Crippen LogP) is 5.29. The molecule has 1 aliphatic rings. The Morgan fingerprint density at radius 1 is 1.10 bits per heavy atom. The number of likely N-dealkylation sites (tertiary alicyclic amines) is 1. The number of rotatable bonds is 7. The van der Waals surface area contributed by atoms with E-state index in [-0.39, 0.29) is 11.9 Å². The van der Waals surface area contributed by atoms with Crippen LogP contribution in [0.1, 0.15) is 64.4 Å². The standard InChI is InChI=1S/C26H31N3O2/c1-19-11-12-20(2)23(15-19)16-29(21(3)22-9-5-4-6-10-22)17-25-27-24(18-31-25)26(30)28-13-7-8-14-28/h4-6,9-12,15,18,21H,7-8,13-14,16-17H2,1-3H3/t21-/m1/s1. The third-order valence-electron chi connectivity index (χ3n) is 6.21. The molecular formula is C26H31N3O2. The van der Waals surface area contributed by atoms with Gasteiger partial charge in [-0.15, -0.1) is 0 Å². The number of aromatic nitrogens is 1. The smallest absolute Gasteiger partial charge is 0.275 e. The Labute approximate surface area is 184 Å². The molecule has 1 aromatic heterocycles. The maximum absolute atomic E-state index is 12.7. The summed E-state index contributed by atoms with van der Waals surface area (Å²) in [7, 11) is 0. The average molecular weight is 418 g/mol. The fourth-order valence-corrected chi connectivity index (χ4v) is 4.20. The highest BCUT2D eigenvalue weighted by molar-refractivity contribution is 5.92. The fourth-order valence-electron chi connectivity index (χ4n) is 4.20. The van der Waals surface area contributed by atoms with Crippen LogP contribution in [0.4, 0.5) is 0 Å². The summed E-state index contributed by atoms with van der Waals surface area (Å²) in [6.07, 6.45) is 3.64. The van der Waals surface area contributed by atoms with Crippen molar-refractivity contribution >= 4 is 5.91 Å². The van der Waals surface area contributed by atoms with Crippen molar-refractivity contribution in [2.45, 2.75) is 52.7 Å². The molecule has 1 amide bonds. The Balaban J connectivity index is 1.57. The molecule has 3 aromatic rings. The fraction of sp³-hybridized carbons (Fsp3) is 0.385. The monoisotopic (exact) mass is 417 g/mol. The minimum Gasteiger partial charge on any atom is -0.447 e. The third-order valence-corrected chi connectivity index (χ3v) is 6.21. The number of hydrogen-bond acceptors (Lipinski definition) is 4. The van der Waals surface area contributed by atoms with Gasteiger partial charge < -0.3 is 9.32 Å². The quantitative estimate of drug-likeness (QED) is 0.524. The highest BCUT2D eigenvalue weighted by Crippen LogP contribution is 2.26. The Kier molecular flexibility index (Phi) is 6.52. The van der Waals surface area contributed by atoms with Crippen molar-refractivity contribution in [3.05, 3.63) is 88.6 Å². The van der Waals surface area contributed by atoms with Crippen molar-refractivity contribution in [3.8, 4) is 0 Å². The summed E-state index contributed by atoms with van der Waals surface area (Å²) in [6, 6.07) is 17.2. The highest BCUT2D eigenvalue weighted by atomic mass is 16.3. The van der Waals surface area contributed by atoms with Crippen LogP contribution in [0.3, 0.4) is 0 Å². The van der Waals surface area contributed by atoms with E-state index in [0.29, 0.717) is 18.1 Å². The number of carbonyl (C=O) groups is 1. The van der Waals surface area contributed by atoms with E-state index in [1.807, 2.05) is 11.0 Å². The van der Waals surface area contributed by atoms with E-state index in [1.165, 1.54) is 28.5 Å². The zero-order chi connectivity index (χ0) is 21.8. The molecule has 1 atom stereocenters. The van der Waals surface area contributed by atoms with Gasteiger partial charge in [-0.3, -0.25) is 9.69 Å². The SMILES string of the molecule is Cc1ccc(C)c(CN(Cc2nc(C(=O)N3CCCC3)co2)[C@H](C)c2ccccc2)c1. The zero-order valence-corrected chi connectivity index (χ0v) is 18.7. The molecule has 0 aliphatic carbocycles. The van der Waals surface area contributed by atoms with Gasteiger partial charge in [0.1, 0.15) is 6.26 Å². The Bertz CT molecular complexity index is 1020. The first-order chi connectivity index (χ1) is 15.0. The van der Waals surface area contributed by atoms with Crippen LogP contribution < -0.4 is 0 Å². The number of hydrogen-bond donors (Lipinski definition) is 0. The molecule has 1 fully saturated rings. The number of amides is 1. The molecule has 5 nitrogen and oxygen atoms in total. The van der Waals surface area contributed by atoms with Crippen LogP contribution in [0.5, 0.6) is 0 Å². The van der Waals surface area contributed by atoms with Crippen LogP contribution in [0.25, 0.3) is 0 Å². The van der Waals surface area contributed by atoms with Gasteiger partial charge in [0.15, 0.2) is 5.69 Å². The number of benzene rings is 2. The highest BCUT2D eigenvalue weighted by Gasteiger charge is 2.24. The molecule has 1 saturated heterocycles. The van der Waals surface area contributed by atoms with Gasteiger partial charge >= 0.3 is 0 Å². The second-order valence-electron chi connectivity index (χ2n) is 8.55. The minimum absolute atomic E-state index is 0.0234. The number of oxazole rings is 1. The Hall–Kier alpha value is -2.92. The van der Waals surface area contributed by atoms with E-state index in [2.05, 4.69) is 73.1 Å². The van der Waals surface area contributed by atoms with Crippen LogP contribution in [-0.4, -0.2) is 33.8 Å². The summed E-state index contributed by atoms with van der Waals surface area (Å²) in [5.41, 5.74) is 5.47. The molecule has 0 N–H and O–H groups in total. The lowest BCUT2D eigenvalue weighted by atomic mass is 10.0. The van der Waals surface area contributed by atoms with Gasteiger partial charge in [-0.25, -0.2) is 4.98 Å². The van der Waals surface area contributed by atoms with E-state index in [4.69, 9.17) is 4.42 Å². The molecule has 0 bridgehead atoms. The summed E-state index contributed by atoms with van der Waals surface area (Å²) < 4.78 is 5.75. The van der Waals surface area contributed by atoms with Gasteiger partial charge in [0, 0.05) is 25.7 Å². The van der Waals surface area contributed by atoms with Crippen molar-refractivity contribution in [2.75, 3.05) is 13.1 Å². The molecule has 0 saturated carbocycles. The molecule has 31 heavy (non-hydrogen) atoms. The third kappa shape index (κ3) is 5.05. The second kappa shape index (κ2) is 9.48. The van der Waals surface area contributed by atoms with Gasteiger partial charge in [0.25, 0.3) is 5.91 Å². The van der Waals surface area contributed by atoms with E-state index < -0.39 is 0 Å². The molecule has 0 radical (unpaired) electrons. The number of aryl methyl sites for hydroxylation is 2. The van der Waals surface area contributed by atoms with E-state index in [9.17, 15) is 4.79 Å². The summed E-state index contributed by atoms with van der Waals surface area (Å²) in [5, 5.41) is 0. The Morgan fingerprint density at radius 2 is 1.84 bits per heavy atom. The molecule has 162 valence electrons. The molecule has 4 rings (SSSR count). The molecular weight excluding hydrogens is 386 g/mol. The predicted molar refractivity (Wildman–Crippen MR) is 122 cm³/mol. The van der Waals surface area contributed by atoms with Crippen LogP contribution in [0.2, 0.25) is 0 Å². The second-order valence-corrected chi connectivity index (χ2v) is 8.55.